The van der Waals surface area contributed by atoms with Gasteiger partial charge in [0.15, 0.2) is 0 Å². The first-order valence-electron chi connectivity index (χ1n) is 5.33. The van der Waals surface area contributed by atoms with E-state index in [0.717, 1.165) is 17.1 Å². The molecule has 3 N–H and O–H groups in total. The highest BCUT2D eigenvalue weighted by molar-refractivity contribution is 7.10. The molecule has 18 heavy (non-hydrogen) atoms. The van der Waals surface area contributed by atoms with Crippen molar-refractivity contribution in [1.29, 1.82) is 0 Å². The number of nitrogens with one attached hydrogen (secondary N) is 1. The summed E-state index contributed by atoms with van der Waals surface area (Å²) in [5.41, 5.74) is 5.60. The molecule has 0 fully saturated rings. The first kappa shape index (κ1) is 12.5. The number of pyridine rings is 1. The van der Waals surface area contributed by atoms with E-state index in [1.807, 2.05) is 24.4 Å². The van der Waals surface area contributed by atoms with Crippen LogP contribution in [-0.4, -0.2) is 10.9 Å². The van der Waals surface area contributed by atoms with E-state index >= 15 is 0 Å². The largest absolute Gasteiger partial charge is 0.383 e. The Balaban J connectivity index is 2.15. The summed E-state index contributed by atoms with van der Waals surface area (Å²) in [6.45, 7) is 1.85. The van der Waals surface area contributed by atoms with Gasteiger partial charge in [-0.3, -0.25) is 4.79 Å². The summed E-state index contributed by atoms with van der Waals surface area (Å²) in [5.74, 6) is -0.995. The fraction of sp³-hybridized carbons (Fsp3) is 0.167. The molecular weight excluding hydrogens is 253 g/mol. The van der Waals surface area contributed by atoms with Crippen molar-refractivity contribution in [3.05, 3.63) is 46.0 Å². The van der Waals surface area contributed by atoms with Crippen LogP contribution in [0, 0.1) is 5.82 Å². The highest BCUT2D eigenvalue weighted by Crippen LogP contribution is 2.19. The van der Waals surface area contributed by atoms with Crippen molar-refractivity contribution in [3.8, 4) is 0 Å². The Hall–Kier alpha value is -1.95. The van der Waals surface area contributed by atoms with E-state index in [4.69, 9.17) is 5.73 Å². The van der Waals surface area contributed by atoms with Crippen LogP contribution in [0.25, 0.3) is 0 Å². The molecule has 0 aliphatic heterocycles. The van der Waals surface area contributed by atoms with Crippen LogP contribution >= 0.6 is 11.3 Å². The van der Waals surface area contributed by atoms with E-state index in [2.05, 4.69) is 10.3 Å². The predicted octanol–water partition coefficient (Wildman–Crippen LogP) is 2.36. The molecule has 0 aromatic carbocycles. The summed E-state index contributed by atoms with van der Waals surface area (Å²) in [7, 11) is 0. The normalized spacial score (nSPS) is 12.1. The lowest BCUT2D eigenvalue weighted by Gasteiger charge is -2.12. The number of carbonyl (C=O) groups is 1. The van der Waals surface area contributed by atoms with Crippen LogP contribution in [0.1, 0.15) is 28.2 Å². The number of halogens is 1. The summed E-state index contributed by atoms with van der Waals surface area (Å²) in [4.78, 5) is 16.6. The minimum atomic E-state index is -0.585. The molecule has 0 saturated carbocycles. The SMILES string of the molecule is CC(NC(=O)c1cc(F)cnc1N)c1cccs1. The highest BCUT2D eigenvalue weighted by atomic mass is 32.1. The molecule has 2 aromatic heterocycles. The third-order valence-electron chi connectivity index (χ3n) is 2.45. The van der Waals surface area contributed by atoms with Crippen molar-refractivity contribution in [1.82, 2.24) is 10.3 Å². The van der Waals surface area contributed by atoms with Crippen LogP contribution in [0.3, 0.4) is 0 Å². The van der Waals surface area contributed by atoms with Gasteiger partial charge in [0.05, 0.1) is 17.8 Å². The van der Waals surface area contributed by atoms with Crippen LogP contribution in [0.15, 0.2) is 29.8 Å². The second-order valence-corrected chi connectivity index (χ2v) is 4.78. The molecule has 0 saturated heterocycles. The van der Waals surface area contributed by atoms with Gasteiger partial charge in [-0.2, -0.15) is 0 Å². The number of rotatable bonds is 3. The number of hydrogen-bond donors (Lipinski definition) is 2. The molecule has 6 heteroatoms. The number of aromatic nitrogens is 1. The molecule has 4 nitrogen and oxygen atoms in total. The first-order valence-corrected chi connectivity index (χ1v) is 6.21. The molecule has 1 amide bonds. The Morgan fingerprint density at radius 2 is 2.39 bits per heavy atom. The van der Waals surface area contributed by atoms with Crippen molar-refractivity contribution in [2.45, 2.75) is 13.0 Å². The predicted molar refractivity (Wildman–Crippen MR) is 68.8 cm³/mol. The number of anilines is 1. The van der Waals surface area contributed by atoms with Crippen LogP contribution in [-0.2, 0) is 0 Å². The van der Waals surface area contributed by atoms with Gasteiger partial charge in [-0.05, 0) is 24.4 Å². The second kappa shape index (κ2) is 5.14. The fourth-order valence-corrected chi connectivity index (χ4v) is 2.25. The van der Waals surface area contributed by atoms with E-state index in [-0.39, 0.29) is 17.4 Å². The molecule has 1 unspecified atom stereocenters. The van der Waals surface area contributed by atoms with E-state index in [9.17, 15) is 9.18 Å². The number of nitrogen functional groups attached to an aromatic ring is 1. The zero-order chi connectivity index (χ0) is 13.1. The zero-order valence-corrected chi connectivity index (χ0v) is 10.5. The van der Waals surface area contributed by atoms with E-state index in [1.165, 1.54) is 11.3 Å². The lowest BCUT2D eigenvalue weighted by molar-refractivity contribution is 0.0940. The summed E-state index contributed by atoms with van der Waals surface area (Å²) in [6.07, 6.45) is 0.981. The molecule has 2 aromatic rings. The maximum Gasteiger partial charge on any atom is 0.255 e. The molecule has 0 aliphatic carbocycles. The maximum absolute atomic E-state index is 13.0. The van der Waals surface area contributed by atoms with Gasteiger partial charge in [0, 0.05) is 4.88 Å². The smallest absolute Gasteiger partial charge is 0.255 e. The highest BCUT2D eigenvalue weighted by Gasteiger charge is 2.15. The molecule has 2 heterocycles. The topological polar surface area (TPSA) is 68.0 Å². The van der Waals surface area contributed by atoms with Crippen molar-refractivity contribution >= 4 is 23.1 Å². The number of nitrogens with two attached hydrogens (primary N) is 1. The third kappa shape index (κ3) is 2.65. The van der Waals surface area contributed by atoms with Crippen LogP contribution in [0.5, 0.6) is 0 Å². The molecule has 94 valence electrons. The minimum Gasteiger partial charge on any atom is -0.383 e. The van der Waals surface area contributed by atoms with Crippen LogP contribution < -0.4 is 11.1 Å². The van der Waals surface area contributed by atoms with Crippen LogP contribution in [0.2, 0.25) is 0 Å². The van der Waals surface area contributed by atoms with Gasteiger partial charge in [-0.1, -0.05) is 6.07 Å². The first-order chi connectivity index (χ1) is 8.58. The van der Waals surface area contributed by atoms with Gasteiger partial charge in [-0.15, -0.1) is 11.3 Å². The average molecular weight is 265 g/mol. The summed E-state index contributed by atoms with van der Waals surface area (Å²) in [5, 5.41) is 4.68. The zero-order valence-electron chi connectivity index (χ0n) is 9.68. The van der Waals surface area contributed by atoms with Gasteiger partial charge in [0.25, 0.3) is 5.91 Å². The third-order valence-corrected chi connectivity index (χ3v) is 3.50. The molecule has 0 radical (unpaired) electrons. The van der Waals surface area contributed by atoms with Gasteiger partial charge >= 0.3 is 0 Å². The van der Waals surface area contributed by atoms with Gasteiger partial charge < -0.3 is 11.1 Å². The monoisotopic (exact) mass is 265 g/mol. The number of nitrogens with zero attached hydrogens (tertiary/aromatic N) is 1. The summed E-state index contributed by atoms with van der Waals surface area (Å²) >= 11 is 1.54. The van der Waals surface area contributed by atoms with Crippen molar-refractivity contribution in [3.63, 3.8) is 0 Å². The van der Waals surface area contributed by atoms with E-state index in [1.54, 1.807) is 0 Å². The number of hydrogen-bond acceptors (Lipinski definition) is 4. The quantitative estimate of drug-likeness (QED) is 0.895. The van der Waals surface area contributed by atoms with Gasteiger partial charge in [0.2, 0.25) is 0 Å². The number of carbonyl (C=O) groups excluding carboxylic acids is 1. The second-order valence-electron chi connectivity index (χ2n) is 3.80. The standard InChI is InChI=1S/C12H12FN3OS/c1-7(10-3-2-4-18-10)16-12(17)9-5-8(13)6-15-11(9)14/h2-7H,1H3,(H2,14,15)(H,16,17). The molecule has 2 rings (SSSR count). The molecule has 0 spiro atoms. The van der Waals surface area contributed by atoms with Crippen molar-refractivity contribution in [2.24, 2.45) is 0 Å². The lowest BCUT2D eigenvalue weighted by Crippen LogP contribution is -2.27. The molecule has 1 atom stereocenters. The molecule has 0 bridgehead atoms. The van der Waals surface area contributed by atoms with E-state index in [0.29, 0.717) is 0 Å². The number of thiophene rings is 1. The Labute approximate surface area is 108 Å². The Morgan fingerprint density at radius 3 is 3.06 bits per heavy atom. The summed E-state index contributed by atoms with van der Waals surface area (Å²) < 4.78 is 13.0. The maximum atomic E-state index is 13.0. The molecule has 0 aliphatic rings. The van der Waals surface area contributed by atoms with Crippen molar-refractivity contribution < 1.29 is 9.18 Å². The van der Waals surface area contributed by atoms with E-state index < -0.39 is 11.7 Å². The summed E-state index contributed by atoms with van der Waals surface area (Å²) in [6, 6.07) is 4.75. The van der Waals surface area contributed by atoms with Gasteiger partial charge in [-0.25, -0.2) is 9.37 Å². The number of amides is 1. The lowest BCUT2D eigenvalue weighted by atomic mass is 10.2. The fourth-order valence-electron chi connectivity index (χ4n) is 1.51. The Kier molecular flexibility index (Phi) is 3.57. The molecular formula is C12H12FN3OS. The van der Waals surface area contributed by atoms with Crippen molar-refractivity contribution in [2.75, 3.05) is 5.73 Å². The van der Waals surface area contributed by atoms with Gasteiger partial charge in [0.1, 0.15) is 11.6 Å². The Bertz CT molecular complexity index is 556. The minimum absolute atomic E-state index is 0.0206. The average Bonchev–Trinajstić information content (AvgIpc) is 2.85. The van der Waals surface area contributed by atoms with Crippen LogP contribution in [0.4, 0.5) is 10.2 Å². The Morgan fingerprint density at radius 1 is 1.61 bits per heavy atom.